The van der Waals surface area contributed by atoms with E-state index in [2.05, 4.69) is 12.2 Å². The van der Waals surface area contributed by atoms with Crippen molar-refractivity contribution in [3.8, 4) is 5.75 Å². The first-order chi connectivity index (χ1) is 9.69. The number of hydrogen-bond acceptors (Lipinski definition) is 2. The summed E-state index contributed by atoms with van der Waals surface area (Å²) in [6, 6.07) is 3.61. The van der Waals surface area contributed by atoms with E-state index in [0.717, 1.165) is 18.7 Å². The zero-order chi connectivity index (χ0) is 14.8. The Balaban J connectivity index is 2.28. The van der Waals surface area contributed by atoms with E-state index in [1.807, 2.05) is 6.07 Å². The second-order valence-electron chi connectivity index (χ2n) is 5.02. The molecule has 0 atom stereocenters. The van der Waals surface area contributed by atoms with Crippen molar-refractivity contribution in [1.82, 2.24) is 5.32 Å². The van der Waals surface area contributed by atoms with Crippen LogP contribution in [0.15, 0.2) is 12.1 Å². The molecule has 1 aromatic carbocycles. The molecule has 0 radical (unpaired) electrons. The average Bonchev–Trinajstić information content (AvgIpc) is 2.41. The molecule has 0 bridgehead atoms. The molecule has 1 N–H and O–H groups in total. The van der Waals surface area contributed by atoms with Crippen molar-refractivity contribution in [3.63, 3.8) is 0 Å². The predicted molar refractivity (Wildman–Crippen MR) is 88.1 cm³/mol. The van der Waals surface area contributed by atoms with Gasteiger partial charge in [-0.1, -0.05) is 62.2 Å². The van der Waals surface area contributed by atoms with Crippen LogP contribution in [0.3, 0.4) is 0 Å². The Labute approximate surface area is 132 Å². The Kier molecular flexibility index (Phi) is 9.08. The highest BCUT2D eigenvalue weighted by Gasteiger charge is 2.09. The maximum absolute atomic E-state index is 6.11. The van der Waals surface area contributed by atoms with Gasteiger partial charge < -0.3 is 10.1 Å². The average molecular weight is 318 g/mol. The summed E-state index contributed by atoms with van der Waals surface area (Å²) in [5.74, 6) is 0.714. The number of nitrogens with one attached hydrogen (secondary N) is 1. The van der Waals surface area contributed by atoms with Gasteiger partial charge in [0.05, 0.1) is 12.1 Å². The number of rotatable bonds is 10. The molecule has 0 unspecified atom stereocenters. The van der Waals surface area contributed by atoms with Crippen LogP contribution in [0.2, 0.25) is 10.0 Å². The Morgan fingerprint density at radius 1 is 1.05 bits per heavy atom. The molecule has 0 aliphatic heterocycles. The van der Waals surface area contributed by atoms with Gasteiger partial charge in [0, 0.05) is 17.1 Å². The Morgan fingerprint density at radius 3 is 2.45 bits per heavy atom. The van der Waals surface area contributed by atoms with E-state index in [0.29, 0.717) is 15.8 Å². The van der Waals surface area contributed by atoms with E-state index in [4.69, 9.17) is 27.9 Å². The highest BCUT2D eigenvalue weighted by molar-refractivity contribution is 6.35. The Morgan fingerprint density at radius 2 is 1.75 bits per heavy atom. The van der Waals surface area contributed by atoms with Crippen molar-refractivity contribution in [2.24, 2.45) is 0 Å². The van der Waals surface area contributed by atoms with Crippen LogP contribution in [-0.2, 0) is 6.54 Å². The minimum absolute atomic E-state index is 0.566. The van der Waals surface area contributed by atoms with Gasteiger partial charge in [-0.15, -0.1) is 0 Å². The molecule has 114 valence electrons. The molecule has 0 aliphatic carbocycles. The van der Waals surface area contributed by atoms with Crippen molar-refractivity contribution in [3.05, 3.63) is 27.7 Å². The lowest BCUT2D eigenvalue weighted by Crippen LogP contribution is -2.15. The first-order valence-corrected chi connectivity index (χ1v) is 8.17. The molecule has 1 rings (SSSR count). The Hall–Kier alpha value is -0.440. The van der Waals surface area contributed by atoms with Gasteiger partial charge in [0.2, 0.25) is 0 Å². The van der Waals surface area contributed by atoms with Crippen LogP contribution in [-0.4, -0.2) is 13.7 Å². The smallest absolute Gasteiger partial charge is 0.142 e. The monoisotopic (exact) mass is 317 g/mol. The van der Waals surface area contributed by atoms with Gasteiger partial charge >= 0.3 is 0 Å². The van der Waals surface area contributed by atoms with Crippen LogP contribution in [0, 0.1) is 0 Å². The molecule has 0 aromatic heterocycles. The van der Waals surface area contributed by atoms with E-state index in [-0.39, 0.29) is 0 Å². The molecule has 0 saturated heterocycles. The van der Waals surface area contributed by atoms with Gasteiger partial charge in [-0.3, -0.25) is 0 Å². The lowest BCUT2D eigenvalue weighted by molar-refractivity contribution is 0.407. The molecule has 0 amide bonds. The quantitative estimate of drug-likeness (QED) is 0.579. The zero-order valence-electron chi connectivity index (χ0n) is 12.5. The molecular formula is C16H25Cl2NO. The molecular weight excluding hydrogens is 293 g/mol. The number of unbranched alkanes of at least 4 members (excludes halogenated alkanes) is 5. The molecule has 0 saturated carbocycles. The van der Waals surface area contributed by atoms with E-state index < -0.39 is 0 Å². The highest BCUT2D eigenvalue weighted by Crippen LogP contribution is 2.32. The van der Waals surface area contributed by atoms with Crippen LogP contribution in [0.1, 0.15) is 51.0 Å². The third-order valence-corrected chi connectivity index (χ3v) is 3.81. The third kappa shape index (κ3) is 6.34. The maximum Gasteiger partial charge on any atom is 0.142 e. The fraction of sp³-hybridized carbons (Fsp3) is 0.625. The van der Waals surface area contributed by atoms with Crippen LogP contribution in [0.25, 0.3) is 0 Å². The first-order valence-electron chi connectivity index (χ1n) is 7.41. The molecule has 0 spiro atoms. The van der Waals surface area contributed by atoms with Gasteiger partial charge in [0.25, 0.3) is 0 Å². The number of benzene rings is 1. The normalized spacial score (nSPS) is 10.8. The Bertz CT molecular complexity index is 396. The third-order valence-electron chi connectivity index (χ3n) is 3.31. The van der Waals surface area contributed by atoms with Crippen molar-refractivity contribution in [2.45, 2.75) is 52.0 Å². The summed E-state index contributed by atoms with van der Waals surface area (Å²) in [6.45, 7) is 3.99. The summed E-state index contributed by atoms with van der Waals surface area (Å²) < 4.78 is 5.32. The van der Waals surface area contributed by atoms with E-state index in [1.54, 1.807) is 13.2 Å². The summed E-state index contributed by atoms with van der Waals surface area (Å²) in [6.07, 6.45) is 7.84. The topological polar surface area (TPSA) is 21.3 Å². The van der Waals surface area contributed by atoms with Crippen molar-refractivity contribution >= 4 is 23.2 Å². The van der Waals surface area contributed by atoms with Gasteiger partial charge in [-0.05, 0) is 25.1 Å². The van der Waals surface area contributed by atoms with Crippen molar-refractivity contribution < 1.29 is 4.74 Å². The molecule has 0 aliphatic rings. The number of ether oxygens (including phenoxy) is 1. The summed E-state index contributed by atoms with van der Waals surface area (Å²) >= 11 is 12.1. The summed E-state index contributed by atoms with van der Waals surface area (Å²) in [5, 5.41) is 4.64. The largest absolute Gasteiger partial charge is 0.495 e. The zero-order valence-corrected chi connectivity index (χ0v) is 14.0. The SMILES string of the molecule is CCCCCCCCNCc1cc(Cl)cc(Cl)c1OC. The highest BCUT2D eigenvalue weighted by atomic mass is 35.5. The predicted octanol–water partition coefficient (Wildman–Crippen LogP) is 5.45. The fourth-order valence-electron chi connectivity index (χ4n) is 2.23. The lowest BCUT2D eigenvalue weighted by Gasteiger charge is -2.12. The fourth-order valence-corrected chi connectivity index (χ4v) is 2.84. The van der Waals surface area contributed by atoms with Crippen LogP contribution in [0.4, 0.5) is 0 Å². The standard InChI is InChI=1S/C16H25Cl2NO/c1-3-4-5-6-7-8-9-19-12-13-10-14(17)11-15(18)16(13)20-2/h10-11,19H,3-9,12H2,1-2H3. The van der Waals surface area contributed by atoms with E-state index >= 15 is 0 Å². The van der Waals surface area contributed by atoms with Gasteiger partial charge in [0.15, 0.2) is 0 Å². The summed E-state index contributed by atoms with van der Waals surface area (Å²) in [5.41, 5.74) is 1.01. The molecule has 0 fully saturated rings. The van der Waals surface area contributed by atoms with Crippen LogP contribution < -0.4 is 10.1 Å². The van der Waals surface area contributed by atoms with Gasteiger partial charge in [-0.2, -0.15) is 0 Å². The number of hydrogen-bond donors (Lipinski definition) is 1. The van der Waals surface area contributed by atoms with Crippen molar-refractivity contribution in [1.29, 1.82) is 0 Å². The van der Waals surface area contributed by atoms with Gasteiger partial charge in [0.1, 0.15) is 5.75 Å². The van der Waals surface area contributed by atoms with Crippen LogP contribution >= 0.6 is 23.2 Å². The van der Waals surface area contributed by atoms with E-state index in [9.17, 15) is 0 Å². The summed E-state index contributed by atoms with van der Waals surface area (Å²) in [7, 11) is 1.63. The first kappa shape index (κ1) is 17.6. The molecule has 2 nitrogen and oxygen atoms in total. The van der Waals surface area contributed by atoms with Crippen LogP contribution in [0.5, 0.6) is 5.75 Å². The summed E-state index contributed by atoms with van der Waals surface area (Å²) in [4.78, 5) is 0. The van der Waals surface area contributed by atoms with Gasteiger partial charge in [-0.25, -0.2) is 0 Å². The maximum atomic E-state index is 6.11. The number of halogens is 2. The molecule has 0 heterocycles. The lowest BCUT2D eigenvalue weighted by atomic mass is 10.1. The molecule has 4 heteroatoms. The molecule has 1 aromatic rings. The number of methoxy groups -OCH3 is 1. The second kappa shape index (κ2) is 10.3. The molecule has 20 heavy (non-hydrogen) atoms. The van der Waals surface area contributed by atoms with E-state index in [1.165, 1.54) is 38.5 Å². The van der Waals surface area contributed by atoms with Crippen molar-refractivity contribution in [2.75, 3.05) is 13.7 Å². The minimum Gasteiger partial charge on any atom is -0.495 e. The second-order valence-corrected chi connectivity index (χ2v) is 5.87. The minimum atomic E-state index is 0.566.